The topological polar surface area (TPSA) is 69.9 Å². The Morgan fingerprint density at radius 3 is 2.76 bits per heavy atom. The minimum Gasteiger partial charge on any atom is -0.629 e. The number of pyridine rings is 1. The van der Waals surface area contributed by atoms with Crippen LogP contribution in [0.1, 0.15) is 25.7 Å². The van der Waals surface area contributed by atoms with Crippen LogP contribution in [0.4, 0.5) is 5.69 Å². The molecular formula is C12H18N2O3. The maximum atomic E-state index is 11.4. The fraction of sp³-hybridized carbons (Fsp3) is 0.583. The lowest BCUT2D eigenvalue weighted by Gasteiger charge is -2.27. The molecule has 0 aromatic carbocycles. The van der Waals surface area contributed by atoms with Gasteiger partial charge in [-0.3, -0.25) is 0 Å². The lowest BCUT2D eigenvalue weighted by atomic mass is 9.95. The lowest BCUT2D eigenvalue weighted by molar-refractivity contribution is -0.751. The second-order valence-electron chi connectivity index (χ2n) is 4.46. The summed E-state index contributed by atoms with van der Waals surface area (Å²) in [5.74, 6) is 0.418. The zero-order valence-corrected chi connectivity index (χ0v) is 9.93. The van der Waals surface area contributed by atoms with Crippen molar-refractivity contribution in [2.24, 2.45) is 0 Å². The zero-order chi connectivity index (χ0) is 12.3. The second-order valence-corrected chi connectivity index (χ2v) is 4.46. The first-order valence-corrected chi connectivity index (χ1v) is 5.97. The molecule has 5 heteroatoms. The molecule has 0 amide bonds. The van der Waals surface area contributed by atoms with Crippen molar-refractivity contribution < 1.29 is 14.9 Å². The van der Waals surface area contributed by atoms with Crippen LogP contribution < -0.4 is 9.80 Å². The Hall–Kier alpha value is -1.17. The van der Waals surface area contributed by atoms with Crippen LogP contribution in [-0.4, -0.2) is 29.3 Å². The smallest absolute Gasteiger partial charge is 0.277 e. The Morgan fingerprint density at radius 2 is 2.12 bits per heavy atom. The number of aliphatic hydroxyl groups is 1. The van der Waals surface area contributed by atoms with Crippen LogP contribution in [-0.2, 0) is 0 Å². The lowest BCUT2D eigenvalue weighted by Crippen LogP contribution is -2.98. The molecule has 1 aliphatic carbocycles. The van der Waals surface area contributed by atoms with Gasteiger partial charge in [0.15, 0.2) is 5.69 Å². The van der Waals surface area contributed by atoms with Crippen LogP contribution in [0.15, 0.2) is 18.3 Å². The minimum atomic E-state index is -0.203. The largest absolute Gasteiger partial charge is 0.629 e. The van der Waals surface area contributed by atoms with Crippen LogP contribution in [0, 0.1) is 5.21 Å². The van der Waals surface area contributed by atoms with E-state index in [1.807, 2.05) is 0 Å². The molecule has 17 heavy (non-hydrogen) atoms. The molecule has 0 saturated heterocycles. The van der Waals surface area contributed by atoms with Crippen LogP contribution >= 0.6 is 0 Å². The summed E-state index contributed by atoms with van der Waals surface area (Å²) in [6.07, 6.45) is 4.63. The zero-order valence-electron chi connectivity index (χ0n) is 9.93. The molecule has 5 nitrogen and oxygen atoms in total. The highest BCUT2D eigenvalue weighted by Gasteiger charge is 2.22. The molecule has 2 N–H and O–H groups in total. The summed E-state index contributed by atoms with van der Waals surface area (Å²) >= 11 is 0. The van der Waals surface area contributed by atoms with Crippen molar-refractivity contribution in [2.75, 3.05) is 7.05 Å². The summed E-state index contributed by atoms with van der Waals surface area (Å²) in [6.45, 7) is 0. The predicted molar refractivity (Wildman–Crippen MR) is 63.0 cm³/mol. The highest BCUT2D eigenvalue weighted by atomic mass is 16.5. The highest BCUT2D eigenvalue weighted by molar-refractivity contribution is 5.39. The van der Waals surface area contributed by atoms with E-state index in [2.05, 4.69) is 4.98 Å². The Kier molecular flexibility index (Phi) is 3.93. The van der Waals surface area contributed by atoms with Gasteiger partial charge < -0.3 is 20.1 Å². The van der Waals surface area contributed by atoms with Crippen molar-refractivity contribution in [2.45, 2.75) is 37.9 Å². The Labute approximate surface area is 101 Å². The molecule has 1 aliphatic rings. The van der Waals surface area contributed by atoms with E-state index < -0.39 is 0 Å². The summed E-state index contributed by atoms with van der Waals surface area (Å²) in [5.41, 5.74) is 0.527. The summed E-state index contributed by atoms with van der Waals surface area (Å²) < 4.78 is 5.75. The molecule has 0 radical (unpaired) electrons. The van der Waals surface area contributed by atoms with Gasteiger partial charge >= 0.3 is 0 Å². The molecule has 1 aromatic heterocycles. The molecule has 1 heterocycles. The van der Waals surface area contributed by atoms with Gasteiger partial charge in [0.2, 0.25) is 0 Å². The molecule has 1 unspecified atom stereocenters. The number of aromatic nitrogens is 1. The number of nitrogens with zero attached hydrogens (tertiary/aromatic N) is 1. The van der Waals surface area contributed by atoms with E-state index in [1.165, 1.54) is 7.05 Å². The van der Waals surface area contributed by atoms with E-state index in [9.17, 15) is 10.3 Å². The van der Waals surface area contributed by atoms with Gasteiger partial charge in [-0.25, -0.2) is 4.98 Å². The number of rotatable bonds is 3. The molecular weight excluding hydrogens is 220 g/mol. The summed E-state index contributed by atoms with van der Waals surface area (Å²) in [6, 6.07) is 3.45. The molecule has 94 valence electrons. The van der Waals surface area contributed by atoms with Gasteiger partial charge in [-0.2, -0.15) is 0 Å². The van der Waals surface area contributed by atoms with Crippen molar-refractivity contribution in [1.29, 1.82) is 0 Å². The van der Waals surface area contributed by atoms with Crippen molar-refractivity contribution in [3.8, 4) is 5.88 Å². The Bertz CT molecular complexity index is 363. The highest BCUT2D eigenvalue weighted by Crippen LogP contribution is 2.25. The average Bonchev–Trinajstić information content (AvgIpc) is 2.32. The number of nitrogens with one attached hydrogen (secondary N) is 1. The van der Waals surface area contributed by atoms with Crippen molar-refractivity contribution in [1.82, 2.24) is 4.98 Å². The Morgan fingerprint density at radius 1 is 1.41 bits per heavy atom. The van der Waals surface area contributed by atoms with Crippen LogP contribution in [0.3, 0.4) is 0 Å². The van der Waals surface area contributed by atoms with E-state index in [0.29, 0.717) is 11.6 Å². The van der Waals surface area contributed by atoms with E-state index in [0.717, 1.165) is 25.7 Å². The molecule has 0 bridgehead atoms. The summed E-state index contributed by atoms with van der Waals surface area (Å²) in [7, 11) is 1.51. The molecule has 1 atom stereocenters. The van der Waals surface area contributed by atoms with Gasteiger partial charge in [0.1, 0.15) is 6.10 Å². The number of hydroxylamine groups is 1. The van der Waals surface area contributed by atoms with Crippen molar-refractivity contribution in [3.63, 3.8) is 0 Å². The average molecular weight is 238 g/mol. The maximum Gasteiger partial charge on any atom is 0.277 e. The van der Waals surface area contributed by atoms with Gasteiger partial charge in [-0.1, -0.05) is 0 Å². The van der Waals surface area contributed by atoms with Crippen molar-refractivity contribution in [3.05, 3.63) is 23.5 Å². The third-order valence-corrected chi connectivity index (χ3v) is 3.07. The fourth-order valence-corrected chi connectivity index (χ4v) is 2.07. The van der Waals surface area contributed by atoms with Crippen LogP contribution in [0.25, 0.3) is 0 Å². The quantitative estimate of drug-likeness (QED) is 0.748. The summed E-state index contributed by atoms with van der Waals surface area (Å²) in [5, 5.41) is 20.8. The fourth-order valence-electron chi connectivity index (χ4n) is 2.07. The first-order chi connectivity index (χ1) is 8.16. The molecule has 0 aliphatic heterocycles. The number of aliphatic hydroxyl groups excluding tert-OH is 1. The predicted octanol–water partition coefficient (Wildman–Crippen LogP) is 0.408. The summed E-state index contributed by atoms with van der Waals surface area (Å²) in [4.78, 5) is 4.11. The number of ether oxygens (including phenoxy) is 1. The third kappa shape index (κ3) is 3.15. The third-order valence-electron chi connectivity index (χ3n) is 3.07. The normalized spacial score (nSPS) is 26.5. The monoisotopic (exact) mass is 238 g/mol. The maximum absolute atomic E-state index is 11.4. The SMILES string of the molecule is C[NH+]([O-])c1cccnc1OC1CCC(O)CC1. The van der Waals surface area contributed by atoms with Crippen molar-refractivity contribution >= 4 is 5.69 Å². The van der Waals surface area contributed by atoms with Crippen LogP contribution in [0.2, 0.25) is 0 Å². The Balaban J connectivity index is 2.03. The van der Waals surface area contributed by atoms with Gasteiger partial charge in [0.05, 0.1) is 13.2 Å². The molecule has 1 aromatic rings. The van der Waals surface area contributed by atoms with E-state index >= 15 is 0 Å². The van der Waals surface area contributed by atoms with Gasteiger partial charge in [-0.05, 0) is 31.7 Å². The van der Waals surface area contributed by atoms with E-state index in [4.69, 9.17) is 4.74 Å². The van der Waals surface area contributed by atoms with E-state index in [1.54, 1.807) is 18.3 Å². The molecule has 1 saturated carbocycles. The second kappa shape index (κ2) is 5.44. The van der Waals surface area contributed by atoms with Crippen LogP contribution in [0.5, 0.6) is 5.88 Å². The molecule has 2 rings (SSSR count). The van der Waals surface area contributed by atoms with E-state index in [-0.39, 0.29) is 17.3 Å². The molecule has 0 spiro atoms. The number of hydrogen-bond donors (Lipinski definition) is 2. The van der Waals surface area contributed by atoms with Gasteiger partial charge in [0.25, 0.3) is 5.88 Å². The number of hydrogen-bond acceptors (Lipinski definition) is 4. The minimum absolute atomic E-state index is 0.0380. The first kappa shape index (κ1) is 12.3. The molecule has 1 fully saturated rings. The standard InChI is InChI=1S/C12H18N2O3/c1-14(16)11-3-2-8-13-12(11)17-10-6-4-9(15)5-7-10/h2-3,8-10,14-15H,4-7H2,1H3. The van der Waals surface area contributed by atoms with Gasteiger partial charge in [-0.15, -0.1) is 0 Å². The first-order valence-electron chi connectivity index (χ1n) is 5.97. The van der Waals surface area contributed by atoms with Gasteiger partial charge in [0, 0.05) is 12.3 Å². The number of quaternary nitrogens is 1.